The summed E-state index contributed by atoms with van der Waals surface area (Å²) in [6.07, 6.45) is 6.50. The number of rotatable bonds is 0. The molecule has 1 spiro atoms. The van der Waals surface area contributed by atoms with Crippen LogP contribution in [0.5, 0.6) is 0 Å². The van der Waals surface area contributed by atoms with E-state index in [1.165, 1.54) is 24.1 Å². The molecule has 3 heteroatoms. The lowest BCUT2D eigenvalue weighted by atomic mass is 9.69. The van der Waals surface area contributed by atoms with Gasteiger partial charge in [-0.1, -0.05) is 18.2 Å². The van der Waals surface area contributed by atoms with Gasteiger partial charge < -0.3 is 10.6 Å². The maximum atomic E-state index is 4.57. The summed E-state index contributed by atoms with van der Waals surface area (Å²) in [7, 11) is 0. The van der Waals surface area contributed by atoms with Crippen LogP contribution >= 0.6 is 0 Å². The van der Waals surface area contributed by atoms with E-state index in [9.17, 15) is 0 Å². The van der Waals surface area contributed by atoms with E-state index in [1.807, 2.05) is 6.20 Å². The molecule has 0 amide bonds. The summed E-state index contributed by atoms with van der Waals surface area (Å²) in [5.74, 6) is 1.15. The molecule has 1 saturated heterocycles. The predicted octanol–water partition coefficient (Wildman–Crippen LogP) is 2.03. The van der Waals surface area contributed by atoms with Gasteiger partial charge in [0.2, 0.25) is 0 Å². The SMILES string of the molecule is C1=CC2Nc3ccccc3C23CCCNC3=N1. The van der Waals surface area contributed by atoms with E-state index in [0.717, 1.165) is 12.4 Å². The van der Waals surface area contributed by atoms with Crippen molar-refractivity contribution in [3.05, 3.63) is 42.1 Å². The lowest BCUT2D eigenvalue weighted by Crippen LogP contribution is -2.55. The lowest BCUT2D eigenvalue weighted by molar-refractivity contribution is 0.443. The highest BCUT2D eigenvalue weighted by molar-refractivity contribution is 5.99. The third-order valence-electron chi connectivity index (χ3n) is 4.19. The van der Waals surface area contributed by atoms with E-state index in [-0.39, 0.29) is 5.41 Å². The number of amidine groups is 1. The summed E-state index contributed by atoms with van der Waals surface area (Å²) in [6, 6.07) is 8.99. The minimum Gasteiger partial charge on any atom is -0.377 e. The van der Waals surface area contributed by atoms with Crippen LogP contribution in [0.3, 0.4) is 0 Å². The van der Waals surface area contributed by atoms with Crippen LogP contribution in [0.15, 0.2) is 41.5 Å². The fourth-order valence-corrected chi connectivity index (χ4v) is 3.45. The van der Waals surface area contributed by atoms with Crippen molar-refractivity contribution in [3.8, 4) is 0 Å². The molecule has 86 valence electrons. The van der Waals surface area contributed by atoms with Crippen LogP contribution in [0.25, 0.3) is 0 Å². The molecule has 2 N–H and O–H groups in total. The zero-order chi connectivity index (χ0) is 11.3. The lowest BCUT2D eigenvalue weighted by Gasteiger charge is -2.41. The molecular weight excluding hydrogens is 210 g/mol. The summed E-state index contributed by atoms with van der Waals surface area (Å²) in [5.41, 5.74) is 2.73. The molecule has 1 fully saturated rings. The summed E-state index contributed by atoms with van der Waals surface area (Å²) in [4.78, 5) is 4.57. The molecule has 2 unspecified atom stereocenters. The van der Waals surface area contributed by atoms with Crippen LogP contribution in [-0.4, -0.2) is 18.4 Å². The van der Waals surface area contributed by atoms with Crippen molar-refractivity contribution in [2.75, 3.05) is 11.9 Å². The molecule has 0 bridgehead atoms. The molecule has 0 aliphatic carbocycles. The Labute approximate surface area is 101 Å². The van der Waals surface area contributed by atoms with Crippen molar-refractivity contribution >= 4 is 11.5 Å². The van der Waals surface area contributed by atoms with Crippen LogP contribution < -0.4 is 10.6 Å². The van der Waals surface area contributed by atoms with Crippen LogP contribution in [-0.2, 0) is 5.41 Å². The van der Waals surface area contributed by atoms with E-state index >= 15 is 0 Å². The number of para-hydroxylation sites is 1. The van der Waals surface area contributed by atoms with Crippen molar-refractivity contribution in [2.45, 2.75) is 24.3 Å². The monoisotopic (exact) mass is 225 g/mol. The van der Waals surface area contributed by atoms with Gasteiger partial charge in [-0.3, -0.25) is 0 Å². The van der Waals surface area contributed by atoms with E-state index in [0.29, 0.717) is 6.04 Å². The van der Waals surface area contributed by atoms with Crippen LogP contribution in [0.2, 0.25) is 0 Å². The van der Waals surface area contributed by atoms with Crippen LogP contribution in [0, 0.1) is 0 Å². The Morgan fingerprint density at radius 3 is 3.24 bits per heavy atom. The van der Waals surface area contributed by atoms with Crippen molar-refractivity contribution < 1.29 is 0 Å². The second-order valence-corrected chi connectivity index (χ2v) is 4.99. The Kier molecular flexibility index (Phi) is 1.71. The van der Waals surface area contributed by atoms with Gasteiger partial charge in [0.05, 0.1) is 11.5 Å². The average molecular weight is 225 g/mol. The molecule has 0 saturated carbocycles. The smallest absolute Gasteiger partial charge is 0.115 e. The average Bonchev–Trinajstić information content (AvgIpc) is 2.71. The van der Waals surface area contributed by atoms with Gasteiger partial charge in [-0.05, 0) is 30.5 Å². The molecule has 0 radical (unpaired) electrons. The number of hydrogen-bond acceptors (Lipinski definition) is 3. The quantitative estimate of drug-likeness (QED) is 0.708. The van der Waals surface area contributed by atoms with Gasteiger partial charge >= 0.3 is 0 Å². The van der Waals surface area contributed by atoms with Crippen molar-refractivity contribution in [1.82, 2.24) is 5.32 Å². The maximum absolute atomic E-state index is 4.57. The van der Waals surface area contributed by atoms with E-state index in [1.54, 1.807) is 0 Å². The number of aliphatic imine (C=N–C) groups is 1. The molecule has 4 rings (SSSR count). The van der Waals surface area contributed by atoms with Crippen molar-refractivity contribution in [2.24, 2.45) is 4.99 Å². The number of fused-ring (bicyclic) bond motifs is 1. The van der Waals surface area contributed by atoms with Crippen molar-refractivity contribution in [1.29, 1.82) is 0 Å². The summed E-state index contributed by atoms with van der Waals surface area (Å²) >= 11 is 0. The number of hydrogen-bond donors (Lipinski definition) is 2. The van der Waals surface area contributed by atoms with Gasteiger partial charge in [0.15, 0.2) is 0 Å². The highest BCUT2D eigenvalue weighted by Crippen LogP contribution is 2.47. The van der Waals surface area contributed by atoms with Crippen LogP contribution in [0.4, 0.5) is 5.69 Å². The van der Waals surface area contributed by atoms with Gasteiger partial charge in [0, 0.05) is 18.4 Å². The Morgan fingerprint density at radius 2 is 2.24 bits per heavy atom. The third kappa shape index (κ3) is 1.04. The van der Waals surface area contributed by atoms with Gasteiger partial charge in [-0.2, -0.15) is 0 Å². The summed E-state index contributed by atoms with van der Waals surface area (Å²) in [5, 5.41) is 7.10. The van der Waals surface area contributed by atoms with Crippen LogP contribution in [0.1, 0.15) is 18.4 Å². The first-order valence-electron chi connectivity index (χ1n) is 6.26. The molecular formula is C14H15N3. The second kappa shape index (κ2) is 3.13. The minimum absolute atomic E-state index is 0.0591. The fraction of sp³-hybridized carbons (Fsp3) is 0.357. The Morgan fingerprint density at radius 1 is 1.29 bits per heavy atom. The summed E-state index contributed by atoms with van der Waals surface area (Å²) < 4.78 is 0. The molecule has 17 heavy (non-hydrogen) atoms. The Hall–Kier alpha value is -1.77. The topological polar surface area (TPSA) is 36.4 Å². The highest BCUT2D eigenvalue weighted by atomic mass is 15.1. The molecule has 3 nitrogen and oxygen atoms in total. The first-order valence-corrected chi connectivity index (χ1v) is 6.26. The maximum Gasteiger partial charge on any atom is 0.115 e. The van der Waals surface area contributed by atoms with Gasteiger partial charge in [-0.25, -0.2) is 4.99 Å². The molecule has 3 aliphatic rings. The zero-order valence-electron chi connectivity index (χ0n) is 9.61. The second-order valence-electron chi connectivity index (χ2n) is 4.99. The fourth-order valence-electron chi connectivity index (χ4n) is 3.45. The van der Waals surface area contributed by atoms with E-state index < -0.39 is 0 Å². The number of anilines is 1. The highest BCUT2D eigenvalue weighted by Gasteiger charge is 2.51. The Bertz CT molecular complexity index is 532. The van der Waals surface area contributed by atoms with E-state index in [2.05, 4.69) is 46.0 Å². The largest absolute Gasteiger partial charge is 0.377 e. The standard InChI is InChI=1S/C14H15N3/c1-2-5-11-10(4-1)14-7-3-8-15-13(14)16-9-6-12(14)17-11/h1-2,4-6,9,12,17H,3,7-8H2,(H,15,16). The normalized spacial score (nSPS) is 32.7. The predicted molar refractivity (Wildman–Crippen MR) is 69.3 cm³/mol. The van der Waals surface area contributed by atoms with E-state index in [4.69, 9.17) is 0 Å². The molecule has 2 atom stereocenters. The zero-order valence-corrected chi connectivity index (χ0v) is 9.61. The first kappa shape index (κ1) is 9.28. The molecule has 3 aliphatic heterocycles. The third-order valence-corrected chi connectivity index (χ3v) is 4.19. The number of benzene rings is 1. The minimum atomic E-state index is 0.0591. The molecule has 3 heterocycles. The van der Waals surface area contributed by atoms with Gasteiger partial charge in [0.1, 0.15) is 5.84 Å². The molecule has 1 aromatic rings. The number of nitrogens with zero attached hydrogens (tertiary/aromatic N) is 1. The number of nitrogens with one attached hydrogen (secondary N) is 2. The molecule has 1 aromatic carbocycles. The number of piperidine rings is 1. The first-order chi connectivity index (χ1) is 8.41. The molecule has 0 aromatic heterocycles. The van der Waals surface area contributed by atoms with Crippen molar-refractivity contribution in [3.63, 3.8) is 0 Å². The summed E-state index contributed by atoms with van der Waals surface area (Å²) in [6.45, 7) is 1.04. The van der Waals surface area contributed by atoms with Gasteiger partial charge in [-0.15, -0.1) is 0 Å². The Balaban J connectivity index is 1.96. The van der Waals surface area contributed by atoms with Gasteiger partial charge in [0.25, 0.3) is 0 Å².